The maximum absolute atomic E-state index is 13.8. The van der Waals surface area contributed by atoms with Gasteiger partial charge in [0.2, 0.25) is 0 Å². The lowest BCUT2D eigenvalue weighted by Gasteiger charge is -2.07. The van der Waals surface area contributed by atoms with E-state index in [2.05, 4.69) is 4.98 Å². The number of carbonyl (C=O) groups is 1. The van der Waals surface area contributed by atoms with Crippen molar-refractivity contribution in [1.29, 1.82) is 0 Å². The fraction of sp³-hybridized carbons (Fsp3) is 0.167. The van der Waals surface area contributed by atoms with E-state index in [4.69, 9.17) is 9.84 Å². The van der Waals surface area contributed by atoms with Crippen LogP contribution in [0, 0.1) is 5.82 Å². The summed E-state index contributed by atoms with van der Waals surface area (Å²) in [5.41, 5.74) is 0.335. The van der Waals surface area contributed by atoms with E-state index in [0.717, 1.165) is 0 Å². The number of nitrogens with zero attached hydrogens (tertiary/aromatic N) is 2. The summed E-state index contributed by atoms with van der Waals surface area (Å²) in [6, 6.07) is 4.81. The summed E-state index contributed by atoms with van der Waals surface area (Å²) in [5, 5.41) is 8.73. The van der Waals surface area contributed by atoms with Crippen molar-refractivity contribution in [3.63, 3.8) is 0 Å². The Hall–Kier alpha value is -2.37. The van der Waals surface area contributed by atoms with Crippen molar-refractivity contribution in [1.82, 2.24) is 9.55 Å². The molecule has 1 heterocycles. The number of carboxylic acid groups (broad SMARTS) is 1. The molecule has 0 fully saturated rings. The molecule has 5 nitrogen and oxygen atoms in total. The van der Waals surface area contributed by atoms with Gasteiger partial charge in [0.1, 0.15) is 0 Å². The average Bonchev–Trinajstić information content (AvgIpc) is 2.80. The second-order valence-corrected chi connectivity index (χ2v) is 3.67. The van der Waals surface area contributed by atoms with Crippen molar-refractivity contribution in [3.05, 3.63) is 47.8 Å². The van der Waals surface area contributed by atoms with Crippen LogP contribution in [0.3, 0.4) is 0 Å². The number of rotatable bonds is 4. The highest BCUT2D eigenvalue weighted by atomic mass is 19.1. The molecule has 0 unspecified atom stereocenters. The molecular weight excluding hydrogens is 239 g/mol. The molecule has 0 bridgehead atoms. The monoisotopic (exact) mass is 250 g/mol. The first-order valence-electron chi connectivity index (χ1n) is 5.18. The Balaban J connectivity index is 2.25. The summed E-state index contributed by atoms with van der Waals surface area (Å²) < 4.78 is 20.2. The lowest BCUT2D eigenvalue weighted by Crippen LogP contribution is -2.01. The molecule has 1 N–H and O–H groups in total. The van der Waals surface area contributed by atoms with Gasteiger partial charge in [-0.1, -0.05) is 12.1 Å². The zero-order valence-corrected chi connectivity index (χ0v) is 9.63. The van der Waals surface area contributed by atoms with Gasteiger partial charge in [-0.05, 0) is 6.07 Å². The molecule has 0 atom stereocenters. The van der Waals surface area contributed by atoms with Crippen LogP contribution in [-0.2, 0) is 6.54 Å². The van der Waals surface area contributed by atoms with E-state index in [0.29, 0.717) is 5.56 Å². The van der Waals surface area contributed by atoms with E-state index in [-0.39, 0.29) is 18.0 Å². The van der Waals surface area contributed by atoms with Crippen molar-refractivity contribution in [2.75, 3.05) is 7.11 Å². The first-order chi connectivity index (χ1) is 8.61. The number of ether oxygens (including phenoxy) is 1. The Kier molecular flexibility index (Phi) is 3.27. The van der Waals surface area contributed by atoms with E-state index < -0.39 is 11.8 Å². The Morgan fingerprint density at radius 1 is 1.56 bits per heavy atom. The lowest BCUT2D eigenvalue weighted by atomic mass is 10.2. The van der Waals surface area contributed by atoms with Crippen molar-refractivity contribution < 1.29 is 19.0 Å². The second kappa shape index (κ2) is 4.87. The molecule has 2 aromatic rings. The quantitative estimate of drug-likeness (QED) is 0.898. The summed E-state index contributed by atoms with van der Waals surface area (Å²) >= 11 is 0. The molecule has 2 rings (SSSR count). The number of imidazole rings is 1. The summed E-state index contributed by atoms with van der Waals surface area (Å²) in [4.78, 5) is 14.4. The molecule has 0 radical (unpaired) electrons. The molecule has 94 valence electrons. The highest BCUT2D eigenvalue weighted by Gasteiger charge is 2.11. The minimum atomic E-state index is -1.11. The number of halogens is 1. The van der Waals surface area contributed by atoms with E-state index in [1.54, 1.807) is 12.1 Å². The highest BCUT2D eigenvalue weighted by Crippen LogP contribution is 2.20. The Morgan fingerprint density at radius 3 is 2.94 bits per heavy atom. The molecule has 0 saturated heterocycles. The third kappa shape index (κ3) is 2.32. The first kappa shape index (κ1) is 12.1. The number of benzene rings is 1. The molecule has 0 aliphatic carbocycles. The maximum Gasteiger partial charge on any atom is 0.356 e. The maximum atomic E-state index is 13.8. The van der Waals surface area contributed by atoms with Crippen LogP contribution in [0.15, 0.2) is 30.7 Å². The molecule has 0 spiro atoms. The van der Waals surface area contributed by atoms with Crippen LogP contribution >= 0.6 is 0 Å². The van der Waals surface area contributed by atoms with Crippen LogP contribution in [0.25, 0.3) is 0 Å². The zero-order valence-electron chi connectivity index (χ0n) is 9.63. The van der Waals surface area contributed by atoms with Gasteiger partial charge in [0.25, 0.3) is 0 Å². The smallest absolute Gasteiger partial charge is 0.356 e. The number of aromatic nitrogens is 2. The van der Waals surface area contributed by atoms with E-state index in [1.165, 1.54) is 30.3 Å². The van der Waals surface area contributed by atoms with Gasteiger partial charge in [0.15, 0.2) is 17.3 Å². The summed E-state index contributed by atoms with van der Waals surface area (Å²) in [6.45, 7) is 0.198. The number of methoxy groups -OCH3 is 1. The zero-order chi connectivity index (χ0) is 13.1. The van der Waals surface area contributed by atoms with Crippen molar-refractivity contribution in [3.8, 4) is 5.75 Å². The molecular formula is C12H11FN2O3. The third-order valence-electron chi connectivity index (χ3n) is 2.47. The van der Waals surface area contributed by atoms with Crippen LogP contribution in [0.4, 0.5) is 4.39 Å². The number of carboxylic acids is 1. The number of hydrogen-bond acceptors (Lipinski definition) is 3. The highest BCUT2D eigenvalue weighted by molar-refractivity contribution is 5.84. The van der Waals surface area contributed by atoms with Gasteiger partial charge in [-0.15, -0.1) is 0 Å². The van der Waals surface area contributed by atoms with Gasteiger partial charge in [-0.2, -0.15) is 0 Å². The molecule has 6 heteroatoms. The topological polar surface area (TPSA) is 64.4 Å². The van der Waals surface area contributed by atoms with Crippen molar-refractivity contribution in [2.24, 2.45) is 0 Å². The van der Waals surface area contributed by atoms with Gasteiger partial charge in [-0.3, -0.25) is 0 Å². The molecule has 1 aromatic heterocycles. The summed E-state index contributed by atoms with van der Waals surface area (Å²) in [6.07, 6.45) is 2.70. The number of hydrogen-bond donors (Lipinski definition) is 1. The van der Waals surface area contributed by atoms with E-state index in [9.17, 15) is 9.18 Å². The van der Waals surface area contributed by atoms with Crippen LogP contribution < -0.4 is 4.74 Å². The first-order valence-corrected chi connectivity index (χ1v) is 5.18. The van der Waals surface area contributed by atoms with E-state index in [1.807, 2.05) is 0 Å². The van der Waals surface area contributed by atoms with Crippen LogP contribution in [0.1, 0.15) is 16.1 Å². The largest absolute Gasteiger partial charge is 0.494 e. The molecule has 18 heavy (non-hydrogen) atoms. The van der Waals surface area contributed by atoms with E-state index >= 15 is 0 Å². The summed E-state index contributed by atoms with van der Waals surface area (Å²) in [5.74, 6) is -1.41. The van der Waals surface area contributed by atoms with Crippen molar-refractivity contribution >= 4 is 5.97 Å². The molecule has 0 aliphatic heterocycles. The minimum Gasteiger partial charge on any atom is -0.494 e. The molecule has 0 aliphatic rings. The molecule has 0 saturated carbocycles. The van der Waals surface area contributed by atoms with Gasteiger partial charge < -0.3 is 14.4 Å². The molecule has 1 aromatic carbocycles. The normalized spacial score (nSPS) is 10.3. The SMILES string of the molecule is COc1cccc(Cn2cnc(C(=O)O)c2)c1F. The lowest BCUT2D eigenvalue weighted by molar-refractivity contribution is 0.0691. The van der Waals surface area contributed by atoms with Gasteiger partial charge in [0.05, 0.1) is 20.0 Å². The van der Waals surface area contributed by atoms with Crippen LogP contribution in [0.2, 0.25) is 0 Å². The fourth-order valence-corrected chi connectivity index (χ4v) is 1.59. The van der Waals surface area contributed by atoms with Crippen LogP contribution in [-0.4, -0.2) is 27.7 Å². The van der Waals surface area contributed by atoms with Gasteiger partial charge >= 0.3 is 5.97 Å². The second-order valence-electron chi connectivity index (χ2n) is 3.67. The Morgan fingerprint density at radius 2 is 2.33 bits per heavy atom. The third-order valence-corrected chi connectivity index (χ3v) is 2.47. The van der Waals surface area contributed by atoms with Gasteiger partial charge in [-0.25, -0.2) is 14.2 Å². The van der Waals surface area contributed by atoms with Gasteiger partial charge in [0, 0.05) is 11.8 Å². The Bertz CT molecular complexity index is 580. The predicted octanol–water partition coefficient (Wildman–Crippen LogP) is 1.78. The van der Waals surface area contributed by atoms with Crippen molar-refractivity contribution in [2.45, 2.75) is 6.54 Å². The average molecular weight is 250 g/mol. The predicted molar refractivity (Wildman–Crippen MR) is 61.2 cm³/mol. The van der Waals surface area contributed by atoms with Crippen LogP contribution in [0.5, 0.6) is 5.75 Å². The summed E-state index contributed by atoms with van der Waals surface area (Å²) in [7, 11) is 1.39. The number of aromatic carboxylic acids is 1. The minimum absolute atomic E-state index is 0.0710. The standard InChI is InChI=1S/C12H11FN2O3/c1-18-10-4-2-3-8(11(10)13)5-15-6-9(12(16)17)14-7-15/h2-4,6-7H,5H2,1H3,(H,16,17). The Labute approximate surface area is 102 Å². The fourth-order valence-electron chi connectivity index (χ4n) is 1.59. The molecule has 0 amide bonds.